The van der Waals surface area contributed by atoms with Crippen LogP contribution in [0.4, 0.5) is 5.69 Å². The molecule has 0 radical (unpaired) electrons. The van der Waals surface area contributed by atoms with E-state index in [1.54, 1.807) is 13.8 Å². The average Bonchev–Trinajstić information content (AvgIpc) is 2.47. The highest BCUT2D eigenvalue weighted by atomic mass is 16.2. The summed E-state index contributed by atoms with van der Waals surface area (Å²) in [6, 6.07) is 7.57. The van der Waals surface area contributed by atoms with Gasteiger partial charge in [-0.1, -0.05) is 18.2 Å². The first-order chi connectivity index (χ1) is 10.5. The van der Waals surface area contributed by atoms with Crippen LogP contribution in [0.5, 0.6) is 0 Å². The molecule has 5 nitrogen and oxygen atoms in total. The minimum atomic E-state index is -0.898. The quantitative estimate of drug-likeness (QED) is 0.911. The number of amides is 2. The van der Waals surface area contributed by atoms with Crippen LogP contribution in [0.1, 0.15) is 47.1 Å². The molecule has 0 atom stereocenters. The Balaban J connectivity index is 2.43. The summed E-state index contributed by atoms with van der Waals surface area (Å²) < 4.78 is 0. The molecule has 0 fully saturated rings. The van der Waals surface area contributed by atoms with Crippen molar-refractivity contribution in [2.75, 3.05) is 11.4 Å². The number of nitrogens with zero attached hydrogens (tertiary/aromatic N) is 2. The van der Waals surface area contributed by atoms with E-state index < -0.39 is 5.54 Å². The van der Waals surface area contributed by atoms with Gasteiger partial charge in [-0.25, -0.2) is 0 Å². The number of rotatable bonds is 2. The van der Waals surface area contributed by atoms with Gasteiger partial charge in [0.1, 0.15) is 12.1 Å². The van der Waals surface area contributed by atoms with Gasteiger partial charge in [0.05, 0.1) is 5.69 Å². The minimum absolute atomic E-state index is 0.0145. The first-order valence-corrected chi connectivity index (χ1v) is 7.80. The summed E-state index contributed by atoms with van der Waals surface area (Å²) in [7, 11) is 0. The van der Waals surface area contributed by atoms with Crippen LogP contribution < -0.4 is 10.2 Å². The van der Waals surface area contributed by atoms with Crippen molar-refractivity contribution in [3.8, 4) is 0 Å². The van der Waals surface area contributed by atoms with Crippen molar-refractivity contribution >= 4 is 23.2 Å². The molecule has 0 unspecified atom stereocenters. The third-order valence-corrected chi connectivity index (χ3v) is 3.62. The fourth-order valence-electron chi connectivity index (χ4n) is 2.74. The molecule has 5 heteroatoms. The zero-order valence-corrected chi connectivity index (χ0v) is 14.7. The Labute approximate surface area is 137 Å². The third kappa shape index (κ3) is 3.78. The van der Waals surface area contributed by atoms with Gasteiger partial charge in [-0.3, -0.25) is 14.6 Å². The Kier molecular flexibility index (Phi) is 4.33. The summed E-state index contributed by atoms with van der Waals surface area (Å²) in [4.78, 5) is 31.4. The van der Waals surface area contributed by atoms with Crippen LogP contribution in [0.25, 0.3) is 0 Å². The molecule has 1 N–H and O–H groups in total. The van der Waals surface area contributed by atoms with Gasteiger partial charge in [0.25, 0.3) is 5.91 Å². The number of aliphatic imine (C=N–C) groups is 1. The molecule has 0 spiro atoms. The Bertz CT molecular complexity index is 669. The summed E-state index contributed by atoms with van der Waals surface area (Å²) in [5, 5.41) is 2.91. The molecule has 1 aromatic rings. The van der Waals surface area contributed by atoms with Crippen molar-refractivity contribution < 1.29 is 9.59 Å². The molecule has 0 aliphatic carbocycles. The summed E-state index contributed by atoms with van der Waals surface area (Å²) >= 11 is 0. The average molecular weight is 315 g/mol. The van der Waals surface area contributed by atoms with Gasteiger partial charge in [0.2, 0.25) is 5.91 Å². The molecule has 0 saturated carbocycles. The van der Waals surface area contributed by atoms with Crippen LogP contribution in [0.3, 0.4) is 0 Å². The van der Waals surface area contributed by atoms with Crippen molar-refractivity contribution in [2.45, 2.75) is 52.6 Å². The minimum Gasteiger partial charge on any atom is -0.350 e. The maximum Gasteiger partial charge on any atom is 0.254 e. The number of hydrogen-bond donors (Lipinski definition) is 1. The van der Waals surface area contributed by atoms with E-state index >= 15 is 0 Å². The second-order valence-electron chi connectivity index (χ2n) is 7.46. The van der Waals surface area contributed by atoms with Crippen LogP contribution in [0.15, 0.2) is 29.3 Å². The summed E-state index contributed by atoms with van der Waals surface area (Å²) in [6.07, 6.45) is 0. The Hall–Kier alpha value is -2.17. The molecule has 0 saturated heterocycles. The Morgan fingerprint density at radius 2 is 1.87 bits per heavy atom. The lowest BCUT2D eigenvalue weighted by molar-refractivity contribution is -0.126. The molecular weight excluding hydrogens is 290 g/mol. The Morgan fingerprint density at radius 3 is 2.48 bits per heavy atom. The topological polar surface area (TPSA) is 61.8 Å². The highest BCUT2D eigenvalue weighted by Gasteiger charge is 2.37. The molecular formula is C18H25N3O2. The highest BCUT2D eigenvalue weighted by Crippen LogP contribution is 2.29. The zero-order chi connectivity index (χ0) is 17.4. The number of para-hydroxylation sites is 1. The summed E-state index contributed by atoms with van der Waals surface area (Å²) in [5.41, 5.74) is 1.18. The van der Waals surface area contributed by atoms with E-state index in [4.69, 9.17) is 0 Å². The van der Waals surface area contributed by atoms with Crippen LogP contribution >= 0.6 is 0 Å². The predicted molar refractivity (Wildman–Crippen MR) is 93.0 cm³/mol. The fourth-order valence-corrected chi connectivity index (χ4v) is 2.74. The number of carbonyl (C=O) groups excluding carboxylic acids is 2. The van der Waals surface area contributed by atoms with Crippen LogP contribution in [-0.2, 0) is 9.59 Å². The van der Waals surface area contributed by atoms with Crippen molar-refractivity contribution in [1.29, 1.82) is 0 Å². The lowest BCUT2D eigenvalue weighted by Crippen LogP contribution is -2.51. The van der Waals surface area contributed by atoms with E-state index in [0.717, 1.165) is 17.0 Å². The SMILES string of the molecule is CC1=NC(C)(C)C(=O)N(CC(=O)NC(C)(C)C)c2ccccc21. The van der Waals surface area contributed by atoms with Crippen molar-refractivity contribution in [3.63, 3.8) is 0 Å². The lowest BCUT2D eigenvalue weighted by atomic mass is 10.0. The highest BCUT2D eigenvalue weighted by molar-refractivity contribution is 6.14. The molecule has 2 rings (SSSR count). The maximum atomic E-state index is 12.9. The van der Waals surface area contributed by atoms with Gasteiger partial charge in [-0.2, -0.15) is 0 Å². The molecule has 2 amide bonds. The van der Waals surface area contributed by atoms with E-state index in [2.05, 4.69) is 10.3 Å². The summed E-state index contributed by atoms with van der Waals surface area (Å²) in [6.45, 7) is 11.2. The first-order valence-electron chi connectivity index (χ1n) is 7.80. The smallest absolute Gasteiger partial charge is 0.254 e. The van der Waals surface area contributed by atoms with Gasteiger partial charge >= 0.3 is 0 Å². The van der Waals surface area contributed by atoms with Crippen LogP contribution in [0.2, 0.25) is 0 Å². The van der Waals surface area contributed by atoms with Crippen LogP contribution in [-0.4, -0.2) is 35.1 Å². The largest absolute Gasteiger partial charge is 0.350 e. The Morgan fingerprint density at radius 1 is 1.26 bits per heavy atom. The number of anilines is 1. The standard InChI is InChI=1S/C18H25N3O2/c1-12-13-9-7-8-10-14(13)21(16(23)18(5,6)19-12)11-15(22)20-17(2,3)4/h7-10H,11H2,1-6H3,(H,20,22). The number of hydrogen-bond acceptors (Lipinski definition) is 3. The monoisotopic (exact) mass is 315 g/mol. The molecule has 1 aliphatic heterocycles. The van der Waals surface area contributed by atoms with E-state index in [-0.39, 0.29) is 23.9 Å². The maximum absolute atomic E-state index is 12.9. The molecule has 1 aromatic carbocycles. The number of benzene rings is 1. The number of fused-ring (bicyclic) bond motifs is 1. The van der Waals surface area contributed by atoms with Gasteiger partial charge in [0.15, 0.2) is 0 Å². The molecule has 23 heavy (non-hydrogen) atoms. The van der Waals surface area contributed by atoms with E-state index in [1.165, 1.54) is 4.90 Å². The molecule has 124 valence electrons. The predicted octanol–water partition coefficient (Wildman–Crippen LogP) is 2.54. The second kappa shape index (κ2) is 5.80. The zero-order valence-electron chi connectivity index (χ0n) is 14.7. The van der Waals surface area contributed by atoms with Gasteiger partial charge in [0, 0.05) is 16.8 Å². The number of carbonyl (C=O) groups is 2. The van der Waals surface area contributed by atoms with E-state index in [0.29, 0.717) is 0 Å². The normalized spacial score (nSPS) is 17.2. The van der Waals surface area contributed by atoms with E-state index in [1.807, 2.05) is 52.0 Å². The summed E-state index contributed by atoms with van der Waals surface area (Å²) in [5.74, 6) is -0.359. The van der Waals surface area contributed by atoms with Crippen molar-refractivity contribution in [2.24, 2.45) is 4.99 Å². The molecule has 0 aromatic heterocycles. The molecule has 1 aliphatic rings. The number of benzodiazepines with no additional fused rings is 1. The third-order valence-electron chi connectivity index (χ3n) is 3.62. The van der Waals surface area contributed by atoms with E-state index in [9.17, 15) is 9.59 Å². The van der Waals surface area contributed by atoms with Gasteiger partial charge in [-0.05, 0) is 47.6 Å². The second-order valence-corrected chi connectivity index (χ2v) is 7.46. The number of nitrogens with one attached hydrogen (secondary N) is 1. The van der Waals surface area contributed by atoms with Crippen molar-refractivity contribution in [1.82, 2.24) is 5.32 Å². The first kappa shape index (κ1) is 17.2. The van der Waals surface area contributed by atoms with Crippen LogP contribution in [0, 0.1) is 0 Å². The lowest BCUT2D eigenvalue weighted by Gasteiger charge is -2.29. The van der Waals surface area contributed by atoms with Crippen molar-refractivity contribution in [3.05, 3.63) is 29.8 Å². The fraction of sp³-hybridized carbons (Fsp3) is 0.500. The molecule has 0 bridgehead atoms. The molecule has 1 heterocycles. The van der Waals surface area contributed by atoms with Gasteiger partial charge in [-0.15, -0.1) is 0 Å². The van der Waals surface area contributed by atoms with Gasteiger partial charge < -0.3 is 10.2 Å².